The Kier molecular flexibility index (Phi) is 4.16. The van der Waals surface area contributed by atoms with Crippen molar-refractivity contribution in [2.75, 3.05) is 23.4 Å². The van der Waals surface area contributed by atoms with Crippen LogP contribution in [0.4, 0.5) is 11.4 Å². The minimum atomic E-state index is 0.0139. The van der Waals surface area contributed by atoms with Gasteiger partial charge in [0, 0.05) is 18.4 Å². The predicted octanol–water partition coefficient (Wildman–Crippen LogP) is 1.88. The van der Waals surface area contributed by atoms with Crippen LogP contribution in [0.2, 0.25) is 0 Å². The van der Waals surface area contributed by atoms with Crippen LogP contribution < -0.4 is 10.6 Å². The fourth-order valence-electron chi connectivity index (χ4n) is 1.29. The summed E-state index contributed by atoms with van der Waals surface area (Å²) in [7, 11) is 1.74. The Morgan fingerprint density at radius 1 is 1.44 bits per heavy atom. The molecule has 1 amide bonds. The fraction of sp³-hybridized carbons (Fsp3) is 0.182. The number of anilines is 2. The molecule has 0 fully saturated rings. The lowest BCUT2D eigenvalue weighted by molar-refractivity contribution is -0.115. The SMILES string of the molecule is CN(C(=O)CSc1ncns1)c1ccc(N)cc1. The summed E-state index contributed by atoms with van der Waals surface area (Å²) in [5.74, 6) is 0.357. The normalized spacial score (nSPS) is 10.3. The fourth-order valence-corrected chi connectivity index (χ4v) is 2.65. The number of hydrogen-bond acceptors (Lipinski definition) is 6. The second-order valence-electron chi connectivity index (χ2n) is 3.54. The van der Waals surface area contributed by atoms with Crippen LogP contribution in [0.1, 0.15) is 0 Å². The Labute approximate surface area is 113 Å². The van der Waals surface area contributed by atoms with Crippen LogP contribution in [0.3, 0.4) is 0 Å². The maximum Gasteiger partial charge on any atom is 0.237 e. The van der Waals surface area contributed by atoms with Crippen molar-refractivity contribution in [3.05, 3.63) is 30.6 Å². The van der Waals surface area contributed by atoms with Gasteiger partial charge < -0.3 is 10.6 Å². The van der Waals surface area contributed by atoms with E-state index >= 15 is 0 Å². The van der Waals surface area contributed by atoms with E-state index < -0.39 is 0 Å². The lowest BCUT2D eigenvalue weighted by Crippen LogP contribution is -2.27. The number of amides is 1. The quantitative estimate of drug-likeness (QED) is 0.684. The molecule has 2 rings (SSSR count). The standard InChI is InChI=1S/C11H12N4OS2/c1-15(9-4-2-8(12)3-5-9)10(16)6-17-11-13-7-14-18-11/h2-5,7H,6,12H2,1H3. The summed E-state index contributed by atoms with van der Waals surface area (Å²) in [4.78, 5) is 17.6. The zero-order chi connectivity index (χ0) is 13.0. The van der Waals surface area contributed by atoms with Crippen LogP contribution in [0.5, 0.6) is 0 Å². The van der Waals surface area contributed by atoms with Gasteiger partial charge in [0.1, 0.15) is 6.33 Å². The number of nitrogens with two attached hydrogens (primary N) is 1. The van der Waals surface area contributed by atoms with E-state index in [1.165, 1.54) is 29.6 Å². The molecule has 5 nitrogen and oxygen atoms in total. The van der Waals surface area contributed by atoms with Crippen LogP contribution in [-0.4, -0.2) is 28.1 Å². The highest BCUT2D eigenvalue weighted by Crippen LogP contribution is 2.20. The molecule has 0 bridgehead atoms. The topological polar surface area (TPSA) is 72.1 Å². The molecular formula is C11H12N4OS2. The largest absolute Gasteiger partial charge is 0.399 e. The van der Waals surface area contributed by atoms with Crippen LogP contribution in [0.15, 0.2) is 34.9 Å². The van der Waals surface area contributed by atoms with E-state index in [9.17, 15) is 4.79 Å². The van der Waals surface area contributed by atoms with Crippen molar-refractivity contribution in [3.63, 3.8) is 0 Å². The van der Waals surface area contributed by atoms with E-state index in [1.807, 2.05) is 12.1 Å². The van der Waals surface area contributed by atoms with Gasteiger partial charge in [0.25, 0.3) is 0 Å². The van der Waals surface area contributed by atoms with Gasteiger partial charge in [0.2, 0.25) is 5.91 Å². The van der Waals surface area contributed by atoms with Crippen molar-refractivity contribution in [2.45, 2.75) is 4.34 Å². The van der Waals surface area contributed by atoms with Crippen LogP contribution in [0, 0.1) is 0 Å². The molecule has 1 heterocycles. The second-order valence-corrected chi connectivity index (χ2v) is 5.54. The first-order valence-electron chi connectivity index (χ1n) is 5.18. The van der Waals surface area contributed by atoms with Crippen molar-refractivity contribution in [2.24, 2.45) is 0 Å². The molecule has 2 N–H and O–H groups in total. The maximum absolute atomic E-state index is 12.0. The minimum Gasteiger partial charge on any atom is -0.399 e. The van der Waals surface area contributed by atoms with Crippen molar-refractivity contribution >= 4 is 40.6 Å². The number of benzene rings is 1. The molecule has 1 aromatic carbocycles. The van der Waals surface area contributed by atoms with Crippen molar-refractivity contribution in [1.29, 1.82) is 0 Å². The molecular weight excluding hydrogens is 268 g/mol. The zero-order valence-corrected chi connectivity index (χ0v) is 11.4. The monoisotopic (exact) mass is 280 g/mol. The van der Waals surface area contributed by atoms with Crippen LogP contribution in [-0.2, 0) is 4.79 Å². The van der Waals surface area contributed by atoms with Crippen LogP contribution >= 0.6 is 23.3 Å². The van der Waals surface area contributed by atoms with Gasteiger partial charge in [0.05, 0.1) is 5.75 Å². The molecule has 7 heteroatoms. The lowest BCUT2D eigenvalue weighted by atomic mass is 10.2. The average Bonchev–Trinajstić information content (AvgIpc) is 2.89. The summed E-state index contributed by atoms with van der Waals surface area (Å²) in [5, 5.41) is 0. The molecule has 1 aromatic heterocycles. The molecule has 0 saturated heterocycles. The van der Waals surface area contributed by atoms with Crippen molar-refractivity contribution in [3.8, 4) is 0 Å². The molecule has 0 aliphatic carbocycles. The third kappa shape index (κ3) is 3.21. The van der Waals surface area contributed by atoms with E-state index in [0.717, 1.165) is 10.0 Å². The molecule has 0 radical (unpaired) electrons. The van der Waals surface area contributed by atoms with Gasteiger partial charge in [-0.1, -0.05) is 11.8 Å². The smallest absolute Gasteiger partial charge is 0.237 e. The Bertz CT molecular complexity index is 512. The number of thioether (sulfide) groups is 1. The molecule has 0 aliphatic heterocycles. The van der Waals surface area contributed by atoms with Gasteiger partial charge in [-0.05, 0) is 35.8 Å². The highest BCUT2D eigenvalue weighted by atomic mass is 32.2. The van der Waals surface area contributed by atoms with E-state index in [4.69, 9.17) is 5.73 Å². The van der Waals surface area contributed by atoms with Gasteiger partial charge in [-0.25, -0.2) is 4.98 Å². The Hall–Kier alpha value is -1.60. The lowest BCUT2D eigenvalue weighted by Gasteiger charge is -2.16. The molecule has 0 spiro atoms. The number of aromatic nitrogens is 2. The van der Waals surface area contributed by atoms with Crippen LogP contribution in [0.25, 0.3) is 0 Å². The van der Waals surface area contributed by atoms with Gasteiger partial charge >= 0.3 is 0 Å². The maximum atomic E-state index is 12.0. The number of carbonyl (C=O) groups is 1. The highest BCUT2D eigenvalue weighted by Gasteiger charge is 2.12. The summed E-state index contributed by atoms with van der Waals surface area (Å²) in [6.45, 7) is 0. The third-order valence-corrected chi connectivity index (χ3v) is 4.10. The van der Waals surface area contributed by atoms with Crippen molar-refractivity contribution in [1.82, 2.24) is 9.36 Å². The summed E-state index contributed by atoms with van der Waals surface area (Å²) < 4.78 is 4.68. The van der Waals surface area contributed by atoms with E-state index in [-0.39, 0.29) is 5.91 Å². The first kappa shape index (κ1) is 12.8. The molecule has 94 valence electrons. The highest BCUT2D eigenvalue weighted by molar-refractivity contribution is 8.01. The molecule has 0 unspecified atom stereocenters. The molecule has 0 aliphatic rings. The summed E-state index contributed by atoms with van der Waals surface area (Å²) in [5.41, 5.74) is 7.11. The van der Waals surface area contributed by atoms with E-state index in [2.05, 4.69) is 9.36 Å². The van der Waals surface area contributed by atoms with E-state index in [1.54, 1.807) is 24.1 Å². The summed E-state index contributed by atoms with van der Waals surface area (Å²) in [6.07, 6.45) is 1.49. The number of nitrogens with zero attached hydrogens (tertiary/aromatic N) is 3. The Balaban J connectivity index is 1.94. The third-order valence-electron chi connectivity index (χ3n) is 2.31. The first-order valence-corrected chi connectivity index (χ1v) is 6.94. The number of nitrogen functional groups attached to an aromatic ring is 1. The molecule has 0 atom stereocenters. The first-order chi connectivity index (χ1) is 8.66. The number of rotatable bonds is 4. The zero-order valence-electron chi connectivity index (χ0n) is 9.74. The van der Waals surface area contributed by atoms with Gasteiger partial charge in [-0.3, -0.25) is 4.79 Å². The second kappa shape index (κ2) is 5.83. The summed E-state index contributed by atoms with van der Waals surface area (Å²) in [6, 6.07) is 7.19. The van der Waals surface area contributed by atoms with Gasteiger partial charge in [-0.2, -0.15) is 4.37 Å². The Morgan fingerprint density at radius 2 is 2.17 bits per heavy atom. The van der Waals surface area contributed by atoms with Gasteiger partial charge in [-0.15, -0.1) is 0 Å². The molecule has 2 aromatic rings. The Morgan fingerprint density at radius 3 is 2.78 bits per heavy atom. The minimum absolute atomic E-state index is 0.0139. The number of hydrogen-bond donors (Lipinski definition) is 1. The van der Waals surface area contributed by atoms with Crippen molar-refractivity contribution < 1.29 is 4.79 Å². The number of carbonyl (C=O) groups excluding carboxylic acids is 1. The predicted molar refractivity (Wildman–Crippen MR) is 74.9 cm³/mol. The molecule has 0 saturated carbocycles. The summed E-state index contributed by atoms with van der Waals surface area (Å²) >= 11 is 2.68. The average molecular weight is 280 g/mol. The van der Waals surface area contributed by atoms with Gasteiger partial charge in [0.15, 0.2) is 4.34 Å². The van der Waals surface area contributed by atoms with E-state index in [0.29, 0.717) is 11.4 Å². The molecule has 18 heavy (non-hydrogen) atoms.